The molecular weight excluding hydrogens is 520 g/mol. The number of carbonyl (C=O) groups excluding carboxylic acids is 2. The molecule has 0 unspecified atom stereocenters. The molecule has 1 aromatic carbocycles. The monoisotopic (exact) mass is 551 g/mol. The molecule has 212 valence electrons. The number of amides is 2. The van der Waals surface area contributed by atoms with Gasteiger partial charge in [0.1, 0.15) is 6.54 Å². The highest BCUT2D eigenvalue weighted by molar-refractivity contribution is 5.97. The van der Waals surface area contributed by atoms with Crippen LogP contribution in [0.4, 0.5) is 26.3 Å². The number of methoxy groups -OCH3 is 1. The zero-order chi connectivity index (χ0) is 28.5. The number of aromatic nitrogens is 1. The van der Waals surface area contributed by atoms with Crippen molar-refractivity contribution in [3.05, 3.63) is 58.9 Å². The Bertz CT molecular complexity index is 1040. The molecule has 0 saturated heterocycles. The lowest BCUT2D eigenvalue weighted by atomic mass is 10.0. The van der Waals surface area contributed by atoms with Gasteiger partial charge in [0.05, 0.1) is 24.3 Å². The second kappa shape index (κ2) is 13.7. The molecule has 0 bridgehead atoms. The van der Waals surface area contributed by atoms with Gasteiger partial charge in [0.25, 0.3) is 5.91 Å². The van der Waals surface area contributed by atoms with Gasteiger partial charge in [-0.2, -0.15) is 26.3 Å². The van der Waals surface area contributed by atoms with Crippen LogP contribution in [0.3, 0.4) is 0 Å². The largest absolute Gasteiger partial charge is 0.416 e. The molecule has 13 heteroatoms. The van der Waals surface area contributed by atoms with E-state index < -0.39 is 47.4 Å². The highest BCUT2D eigenvalue weighted by atomic mass is 19.4. The van der Waals surface area contributed by atoms with Crippen molar-refractivity contribution in [2.45, 2.75) is 32.2 Å². The summed E-state index contributed by atoms with van der Waals surface area (Å²) in [6, 6.07) is 4.26. The molecular formula is C25H31F6N3O4. The van der Waals surface area contributed by atoms with E-state index >= 15 is 0 Å². The minimum atomic E-state index is -5.11. The van der Waals surface area contributed by atoms with Crippen molar-refractivity contribution in [3.8, 4) is 0 Å². The van der Waals surface area contributed by atoms with Gasteiger partial charge in [-0.05, 0) is 43.7 Å². The first-order chi connectivity index (χ1) is 17.8. The number of hydrogen-bond acceptors (Lipinski definition) is 4. The second-order valence-corrected chi connectivity index (χ2v) is 8.49. The smallest absolute Gasteiger partial charge is 0.383 e. The summed E-state index contributed by atoms with van der Waals surface area (Å²) in [5.41, 5.74) is -3.26. The van der Waals surface area contributed by atoms with E-state index in [-0.39, 0.29) is 45.3 Å². The maximum atomic E-state index is 13.4. The average molecular weight is 552 g/mol. The Morgan fingerprint density at radius 3 is 2.08 bits per heavy atom. The van der Waals surface area contributed by atoms with E-state index in [0.29, 0.717) is 18.7 Å². The van der Waals surface area contributed by atoms with Crippen molar-refractivity contribution in [2.24, 2.45) is 7.05 Å². The van der Waals surface area contributed by atoms with E-state index in [1.54, 1.807) is 36.9 Å². The summed E-state index contributed by atoms with van der Waals surface area (Å²) < 4.78 is 92.2. The first kappa shape index (κ1) is 31.2. The van der Waals surface area contributed by atoms with Gasteiger partial charge < -0.3 is 23.8 Å². The second-order valence-electron chi connectivity index (χ2n) is 8.49. The number of alkyl halides is 6. The van der Waals surface area contributed by atoms with Crippen LogP contribution in [0, 0.1) is 0 Å². The fraction of sp³-hybridized carbons (Fsp3) is 0.520. The lowest BCUT2D eigenvalue weighted by molar-refractivity contribution is -0.143. The SMILES string of the molecule is CCOCCCN(CC(=O)N(CCOC)Cc1cccn1C)C(=O)c1cc(C(F)(F)F)cc(C(F)(F)F)c1. The van der Waals surface area contributed by atoms with Crippen LogP contribution < -0.4 is 0 Å². The Morgan fingerprint density at radius 1 is 0.947 bits per heavy atom. The molecule has 0 aliphatic heterocycles. The summed E-state index contributed by atoms with van der Waals surface area (Å²) in [4.78, 5) is 28.9. The van der Waals surface area contributed by atoms with Crippen molar-refractivity contribution >= 4 is 11.8 Å². The molecule has 0 spiro atoms. The topological polar surface area (TPSA) is 64.0 Å². The van der Waals surface area contributed by atoms with E-state index in [1.807, 2.05) is 0 Å². The molecule has 1 aromatic heterocycles. The molecule has 1 heterocycles. The lowest BCUT2D eigenvalue weighted by Gasteiger charge is -2.28. The van der Waals surface area contributed by atoms with Gasteiger partial charge in [-0.15, -0.1) is 0 Å². The van der Waals surface area contributed by atoms with Crippen LogP contribution in [0.25, 0.3) is 0 Å². The molecule has 0 aliphatic carbocycles. The zero-order valence-electron chi connectivity index (χ0n) is 21.4. The predicted octanol–water partition coefficient (Wildman–Crippen LogP) is 4.61. The van der Waals surface area contributed by atoms with E-state index in [2.05, 4.69) is 0 Å². The number of benzene rings is 1. The van der Waals surface area contributed by atoms with Gasteiger partial charge in [0.15, 0.2) is 0 Å². The number of hydrogen-bond donors (Lipinski definition) is 0. The van der Waals surface area contributed by atoms with E-state index in [1.165, 1.54) is 12.0 Å². The zero-order valence-corrected chi connectivity index (χ0v) is 21.4. The molecule has 2 amide bonds. The summed E-state index contributed by atoms with van der Waals surface area (Å²) in [7, 11) is 3.23. The Labute approximate surface area is 216 Å². The molecule has 7 nitrogen and oxygen atoms in total. The number of nitrogens with zero attached hydrogens (tertiary/aromatic N) is 3. The summed E-state index contributed by atoms with van der Waals surface area (Å²) in [5.74, 6) is -1.67. The van der Waals surface area contributed by atoms with Crippen LogP contribution >= 0.6 is 0 Å². The predicted molar refractivity (Wildman–Crippen MR) is 126 cm³/mol. The van der Waals surface area contributed by atoms with Gasteiger partial charge in [0.2, 0.25) is 5.91 Å². The van der Waals surface area contributed by atoms with Crippen molar-refractivity contribution in [1.82, 2.24) is 14.4 Å². The molecule has 2 aromatic rings. The number of ether oxygens (including phenoxy) is 2. The van der Waals surface area contributed by atoms with Gasteiger partial charge in [-0.25, -0.2) is 0 Å². The van der Waals surface area contributed by atoms with Crippen LogP contribution in [0.15, 0.2) is 36.5 Å². The molecule has 0 aliphatic rings. The maximum Gasteiger partial charge on any atom is 0.416 e. The van der Waals surface area contributed by atoms with Crippen LogP contribution in [0.2, 0.25) is 0 Å². The standard InChI is InChI=1S/C25H31F6N3O4/c1-4-38-11-6-9-34(17-22(35)33(10-12-37-3)16-21-7-5-8-32(21)2)23(36)18-13-19(24(26,27)28)15-20(14-18)25(29,30)31/h5,7-8,13-15H,4,6,9-12,16-17H2,1-3H3. The Morgan fingerprint density at radius 2 is 1.58 bits per heavy atom. The molecule has 0 N–H and O–H groups in total. The van der Waals surface area contributed by atoms with Gasteiger partial charge >= 0.3 is 12.4 Å². The third-order valence-corrected chi connectivity index (χ3v) is 5.69. The summed E-state index contributed by atoms with van der Waals surface area (Å²) in [6.07, 6.45) is -8.23. The molecule has 2 rings (SSSR count). The summed E-state index contributed by atoms with van der Waals surface area (Å²) in [5, 5.41) is 0. The van der Waals surface area contributed by atoms with Crippen LogP contribution in [-0.4, -0.2) is 72.7 Å². The maximum absolute atomic E-state index is 13.4. The fourth-order valence-corrected chi connectivity index (χ4v) is 3.63. The van der Waals surface area contributed by atoms with E-state index in [9.17, 15) is 35.9 Å². The quantitative estimate of drug-likeness (QED) is 0.270. The third kappa shape index (κ3) is 9.05. The summed E-state index contributed by atoms with van der Waals surface area (Å²) in [6.45, 7) is 2.11. The number of rotatable bonds is 13. The Hall–Kier alpha value is -3.06. The van der Waals surface area contributed by atoms with Gasteiger partial charge in [-0.3, -0.25) is 9.59 Å². The van der Waals surface area contributed by atoms with Crippen LogP contribution in [0.1, 0.15) is 40.5 Å². The fourth-order valence-electron chi connectivity index (χ4n) is 3.63. The Balaban J connectivity index is 2.39. The first-order valence-corrected chi connectivity index (χ1v) is 11.8. The van der Waals surface area contributed by atoms with Crippen molar-refractivity contribution in [1.29, 1.82) is 0 Å². The van der Waals surface area contributed by atoms with Gasteiger partial charge in [-0.1, -0.05) is 0 Å². The highest BCUT2D eigenvalue weighted by Gasteiger charge is 2.38. The normalized spacial score (nSPS) is 12.0. The number of carbonyl (C=O) groups is 2. The van der Waals surface area contributed by atoms with E-state index in [4.69, 9.17) is 9.47 Å². The lowest BCUT2D eigenvalue weighted by Crippen LogP contribution is -2.44. The molecule has 38 heavy (non-hydrogen) atoms. The molecule has 0 atom stereocenters. The highest BCUT2D eigenvalue weighted by Crippen LogP contribution is 2.36. The minimum Gasteiger partial charge on any atom is -0.383 e. The van der Waals surface area contributed by atoms with Crippen LogP contribution in [-0.2, 0) is 40.2 Å². The number of halogens is 6. The minimum absolute atomic E-state index is 0.0479. The number of aryl methyl sites for hydroxylation is 1. The molecule has 0 radical (unpaired) electrons. The third-order valence-electron chi connectivity index (χ3n) is 5.69. The van der Waals surface area contributed by atoms with Crippen LogP contribution in [0.5, 0.6) is 0 Å². The molecule has 0 fully saturated rings. The van der Waals surface area contributed by atoms with E-state index in [0.717, 1.165) is 10.6 Å². The Kier molecular flexibility index (Phi) is 11.2. The van der Waals surface area contributed by atoms with Crippen molar-refractivity contribution < 1.29 is 45.4 Å². The van der Waals surface area contributed by atoms with Gasteiger partial charge in [0, 0.05) is 57.9 Å². The van der Waals surface area contributed by atoms with Crippen molar-refractivity contribution in [3.63, 3.8) is 0 Å². The molecule has 0 saturated carbocycles. The van der Waals surface area contributed by atoms with Crippen molar-refractivity contribution in [2.75, 3.05) is 46.6 Å². The first-order valence-electron chi connectivity index (χ1n) is 11.8. The summed E-state index contributed by atoms with van der Waals surface area (Å²) >= 11 is 0. The average Bonchev–Trinajstić information content (AvgIpc) is 3.25.